The van der Waals surface area contributed by atoms with Crippen molar-refractivity contribution in [2.24, 2.45) is 11.1 Å². The first-order valence-electron chi connectivity index (χ1n) is 10.1. The molecule has 29 heavy (non-hydrogen) atoms. The van der Waals surface area contributed by atoms with Crippen molar-refractivity contribution in [1.29, 1.82) is 0 Å². The molecule has 1 saturated carbocycles. The molecule has 1 aromatic rings. The molecule has 8 heteroatoms. The minimum atomic E-state index is -0.752. The van der Waals surface area contributed by atoms with Gasteiger partial charge >= 0.3 is 6.03 Å². The zero-order chi connectivity index (χ0) is 21.4. The number of aryl methyl sites for hydroxylation is 2. The smallest absolute Gasteiger partial charge is 0.312 e. The lowest BCUT2D eigenvalue weighted by atomic mass is 9.94. The third kappa shape index (κ3) is 6.45. The molecule has 0 bridgehead atoms. The van der Waals surface area contributed by atoms with E-state index in [2.05, 4.69) is 29.6 Å². The summed E-state index contributed by atoms with van der Waals surface area (Å²) in [5.41, 5.74) is 8.68. The molecule has 160 valence electrons. The molecule has 1 fully saturated rings. The van der Waals surface area contributed by atoms with Crippen LogP contribution in [0.2, 0.25) is 0 Å². The standard InChI is InChI=1S/C21H32N4O4/c1-15-6-8-16(9-7-15)10-11-21(12-13-21)19(27)25(2)17(18(26)24-29)5-3-4-14-23-20(22)28/h6-9,17,29H,3-5,10-14H2,1-2H3,(H,24,26)(H3,22,23,28)/t17-/m1/s1. The molecular weight excluding hydrogens is 372 g/mol. The molecule has 4 amide bonds. The van der Waals surface area contributed by atoms with E-state index in [-0.39, 0.29) is 5.91 Å². The molecule has 0 heterocycles. The van der Waals surface area contributed by atoms with Crippen LogP contribution in [0.25, 0.3) is 0 Å². The fraction of sp³-hybridized carbons (Fsp3) is 0.571. The number of hydrogen-bond donors (Lipinski definition) is 4. The van der Waals surface area contributed by atoms with Crippen LogP contribution in [0.5, 0.6) is 0 Å². The molecule has 1 aliphatic rings. The molecule has 0 aliphatic heterocycles. The lowest BCUT2D eigenvalue weighted by molar-refractivity contribution is -0.146. The summed E-state index contributed by atoms with van der Waals surface area (Å²) in [5, 5.41) is 11.6. The van der Waals surface area contributed by atoms with Crippen molar-refractivity contribution in [2.45, 2.75) is 57.9 Å². The van der Waals surface area contributed by atoms with E-state index in [1.54, 1.807) is 12.5 Å². The number of likely N-dealkylation sites (N-methyl/N-ethyl adjacent to an activating group) is 1. The topological polar surface area (TPSA) is 125 Å². The first-order chi connectivity index (χ1) is 13.8. The van der Waals surface area contributed by atoms with Crippen molar-refractivity contribution in [3.8, 4) is 0 Å². The Morgan fingerprint density at radius 2 is 1.86 bits per heavy atom. The summed E-state index contributed by atoms with van der Waals surface area (Å²) >= 11 is 0. The van der Waals surface area contributed by atoms with Crippen molar-refractivity contribution < 1.29 is 19.6 Å². The Morgan fingerprint density at radius 3 is 2.41 bits per heavy atom. The SMILES string of the molecule is Cc1ccc(CCC2(C(=O)N(C)[C@H](CCCCNC(N)=O)C(=O)NO)CC2)cc1. The van der Waals surface area contributed by atoms with Gasteiger partial charge in [-0.15, -0.1) is 0 Å². The fourth-order valence-corrected chi connectivity index (χ4v) is 3.63. The fourth-order valence-electron chi connectivity index (χ4n) is 3.63. The van der Waals surface area contributed by atoms with E-state index >= 15 is 0 Å². The number of hydrogen-bond acceptors (Lipinski definition) is 4. The number of carbonyl (C=O) groups is 3. The molecule has 0 spiro atoms. The minimum absolute atomic E-state index is 0.0477. The summed E-state index contributed by atoms with van der Waals surface area (Å²) in [6.45, 7) is 2.45. The zero-order valence-electron chi connectivity index (χ0n) is 17.2. The van der Waals surface area contributed by atoms with Crippen molar-refractivity contribution in [3.05, 3.63) is 35.4 Å². The molecule has 0 saturated heterocycles. The van der Waals surface area contributed by atoms with E-state index in [0.717, 1.165) is 25.7 Å². The van der Waals surface area contributed by atoms with Crippen LogP contribution in [0.4, 0.5) is 4.79 Å². The van der Waals surface area contributed by atoms with Gasteiger partial charge in [0, 0.05) is 19.0 Å². The second kappa shape index (κ2) is 10.2. The highest BCUT2D eigenvalue weighted by atomic mass is 16.5. The van der Waals surface area contributed by atoms with Crippen LogP contribution < -0.4 is 16.5 Å². The third-order valence-electron chi connectivity index (χ3n) is 5.72. The predicted molar refractivity (Wildman–Crippen MR) is 109 cm³/mol. The lowest BCUT2D eigenvalue weighted by Gasteiger charge is -2.30. The summed E-state index contributed by atoms with van der Waals surface area (Å²) in [6, 6.07) is 6.96. The first-order valence-corrected chi connectivity index (χ1v) is 10.1. The second-order valence-electron chi connectivity index (χ2n) is 7.96. The summed E-state index contributed by atoms with van der Waals surface area (Å²) in [6.07, 6.45) is 4.81. The number of primary amides is 1. The summed E-state index contributed by atoms with van der Waals surface area (Å²) < 4.78 is 0. The van der Waals surface area contributed by atoms with E-state index in [0.29, 0.717) is 25.8 Å². The summed E-state index contributed by atoms with van der Waals surface area (Å²) in [5.74, 6) is -0.647. The Bertz CT molecular complexity index is 716. The van der Waals surface area contributed by atoms with Gasteiger partial charge in [0.25, 0.3) is 5.91 Å². The number of benzene rings is 1. The number of unbranched alkanes of at least 4 members (excludes halogenated alkanes) is 1. The van der Waals surface area contributed by atoms with Gasteiger partial charge in [0.1, 0.15) is 6.04 Å². The van der Waals surface area contributed by atoms with Gasteiger partial charge < -0.3 is 16.0 Å². The van der Waals surface area contributed by atoms with E-state index in [4.69, 9.17) is 10.9 Å². The highest BCUT2D eigenvalue weighted by Gasteiger charge is 2.51. The monoisotopic (exact) mass is 404 g/mol. The van der Waals surface area contributed by atoms with Gasteiger partial charge in [0.05, 0.1) is 0 Å². The second-order valence-corrected chi connectivity index (χ2v) is 7.96. The number of urea groups is 1. The molecule has 0 radical (unpaired) electrons. The predicted octanol–water partition coefficient (Wildman–Crippen LogP) is 1.88. The quantitative estimate of drug-likeness (QED) is 0.255. The highest BCUT2D eigenvalue weighted by molar-refractivity contribution is 5.91. The van der Waals surface area contributed by atoms with Crippen molar-refractivity contribution >= 4 is 17.8 Å². The largest absolute Gasteiger partial charge is 0.352 e. The van der Waals surface area contributed by atoms with Crippen LogP contribution in [-0.4, -0.2) is 47.6 Å². The molecule has 1 aliphatic carbocycles. The lowest BCUT2D eigenvalue weighted by Crippen LogP contribution is -2.49. The van der Waals surface area contributed by atoms with Crippen LogP contribution in [0.3, 0.4) is 0 Å². The van der Waals surface area contributed by atoms with Gasteiger partial charge in [-0.2, -0.15) is 0 Å². The number of hydroxylamine groups is 1. The average molecular weight is 405 g/mol. The van der Waals surface area contributed by atoms with Crippen LogP contribution >= 0.6 is 0 Å². The number of carbonyl (C=O) groups excluding carboxylic acids is 3. The number of nitrogens with one attached hydrogen (secondary N) is 2. The Labute approximate surface area is 171 Å². The summed E-state index contributed by atoms with van der Waals surface area (Å²) in [7, 11) is 1.62. The van der Waals surface area contributed by atoms with Crippen LogP contribution in [0.15, 0.2) is 24.3 Å². The van der Waals surface area contributed by atoms with Crippen molar-refractivity contribution in [2.75, 3.05) is 13.6 Å². The Hall–Kier alpha value is -2.61. The first kappa shape index (κ1) is 22.7. The molecule has 0 aromatic heterocycles. The van der Waals surface area contributed by atoms with Gasteiger partial charge in [-0.05, 0) is 57.4 Å². The van der Waals surface area contributed by atoms with Crippen molar-refractivity contribution in [3.63, 3.8) is 0 Å². The maximum absolute atomic E-state index is 13.1. The number of amides is 4. The van der Waals surface area contributed by atoms with Gasteiger partial charge in [-0.1, -0.05) is 29.8 Å². The highest BCUT2D eigenvalue weighted by Crippen LogP contribution is 2.51. The minimum Gasteiger partial charge on any atom is -0.352 e. The van der Waals surface area contributed by atoms with E-state index in [1.165, 1.54) is 16.0 Å². The number of nitrogens with zero attached hydrogens (tertiary/aromatic N) is 1. The Balaban J connectivity index is 1.93. The van der Waals surface area contributed by atoms with E-state index < -0.39 is 23.4 Å². The Kier molecular flexibility index (Phi) is 8.01. The third-order valence-corrected chi connectivity index (χ3v) is 5.72. The molecule has 8 nitrogen and oxygen atoms in total. The van der Waals surface area contributed by atoms with Crippen LogP contribution in [0.1, 0.15) is 49.7 Å². The average Bonchev–Trinajstić information content (AvgIpc) is 3.49. The van der Waals surface area contributed by atoms with Crippen molar-refractivity contribution in [1.82, 2.24) is 15.7 Å². The maximum atomic E-state index is 13.1. The van der Waals surface area contributed by atoms with E-state index in [1.807, 2.05) is 6.92 Å². The maximum Gasteiger partial charge on any atom is 0.312 e. The molecule has 1 atom stereocenters. The number of nitrogens with two attached hydrogens (primary N) is 1. The molecule has 1 aromatic carbocycles. The Morgan fingerprint density at radius 1 is 1.21 bits per heavy atom. The van der Waals surface area contributed by atoms with Crippen LogP contribution in [-0.2, 0) is 16.0 Å². The normalized spacial score (nSPS) is 15.3. The van der Waals surface area contributed by atoms with Crippen LogP contribution in [0, 0.1) is 12.3 Å². The molecule has 0 unspecified atom stereocenters. The summed E-state index contributed by atoms with van der Waals surface area (Å²) in [4.78, 5) is 37.5. The molecule has 2 rings (SSSR count). The van der Waals surface area contributed by atoms with Gasteiger partial charge in [0.2, 0.25) is 5.91 Å². The number of rotatable bonds is 11. The molecule has 5 N–H and O–H groups in total. The van der Waals surface area contributed by atoms with E-state index in [9.17, 15) is 14.4 Å². The van der Waals surface area contributed by atoms with Gasteiger partial charge in [0.15, 0.2) is 0 Å². The molecular formula is C21H32N4O4. The zero-order valence-corrected chi connectivity index (χ0v) is 17.2. The van der Waals surface area contributed by atoms with Gasteiger partial charge in [-0.3, -0.25) is 14.8 Å². The van der Waals surface area contributed by atoms with Gasteiger partial charge in [-0.25, -0.2) is 10.3 Å².